The van der Waals surface area contributed by atoms with Gasteiger partial charge in [-0.05, 0) is 7.05 Å². The van der Waals surface area contributed by atoms with Crippen LogP contribution in [0.1, 0.15) is 6.92 Å². The Morgan fingerprint density at radius 2 is 2.31 bits per heavy atom. The molecule has 0 amide bonds. The van der Waals surface area contributed by atoms with Crippen LogP contribution >= 0.6 is 0 Å². The maximum Gasteiger partial charge on any atom is 0.293 e. The molecule has 4 nitrogen and oxygen atoms in total. The van der Waals surface area contributed by atoms with Crippen molar-refractivity contribution in [2.45, 2.75) is 6.92 Å². The van der Waals surface area contributed by atoms with Gasteiger partial charge in [0.1, 0.15) is 13.2 Å². The highest BCUT2D eigenvalue weighted by Gasteiger charge is 2.05. The normalized spacial score (nSPS) is 11.8. The molecule has 1 unspecified atom stereocenters. The lowest BCUT2D eigenvalue weighted by Gasteiger charge is -2.14. The van der Waals surface area contributed by atoms with Crippen molar-refractivity contribution in [2.24, 2.45) is 5.92 Å². The number of carbonyl (C=O) groups excluding carboxylic acids is 1. The average molecular weight is 187 g/mol. The van der Waals surface area contributed by atoms with E-state index in [0.717, 1.165) is 6.54 Å². The Bertz CT molecular complexity index is 159. The molecule has 1 N–H and O–H groups in total. The fourth-order valence-electron chi connectivity index (χ4n) is 0.831. The maximum absolute atomic E-state index is 9.78. The van der Waals surface area contributed by atoms with Gasteiger partial charge in [-0.25, -0.2) is 0 Å². The fraction of sp³-hybridized carbons (Fsp3) is 0.667. The summed E-state index contributed by atoms with van der Waals surface area (Å²) in [5, 5.41) is 3.02. The van der Waals surface area contributed by atoms with Crippen molar-refractivity contribution in [1.29, 1.82) is 0 Å². The smallest absolute Gasteiger partial charge is 0.293 e. The van der Waals surface area contributed by atoms with Crippen LogP contribution in [0.2, 0.25) is 0 Å². The molecule has 0 rings (SSSR count). The lowest BCUT2D eigenvalue weighted by molar-refractivity contribution is -0.129. The minimum atomic E-state index is 0.265. The Morgan fingerprint density at radius 3 is 2.85 bits per heavy atom. The molecule has 0 aliphatic rings. The Hall–Kier alpha value is -1.03. The van der Waals surface area contributed by atoms with Crippen molar-refractivity contribution in [3.63, 3.8) is 0 Å². The minimum Gasteiger partial charge on any atom is -0.495 e. The first kappa shape index (κ1) is 12.0. The van der Waals surface area contributed by atoms with Crippen molar-refractivity contribution in [3.05, 3.63) is 12.3 Å². The van der Waals surface area contributed by atoms with Crippen LogP contribution in [0.25, 0.3) is 0 Å². The second kappa shape index (κ2) is 7.61. The molecule has 0 saturated heterocycles. The summed E-state index contributed by atoms with van der Waals surface area (Å²) >= 11 is 0. The lowest BCUT2D eigenvalue weighted by Crippen LogP contribution is -2.19. The summed E-state index contributed by atoms with van der Waals surface area (Å²) in [6.07, 6.45) is 0. The molecule has 0 radical (unpaired) electrons. The van der Waals surface area contributed by atoms with E-state index in [9.17, 15) is 4.79 Å². The third-order valence-corrected chi connectivity index (χ3v) is 1.62. The first-order valence-corrected chi connectivity index (χ1v) is 4.23. The van der Waals surface area contributed by atoms with Gasteiger partial charge in [0, 0.05) is 12.5 Å². The average Bonchev–Trinajstić information content (AvgIpc) is 2.12. The van der Waals surface area contributed by atoms with Crippen molar-refractivity contribution < 1.29 is 14.3 Å². The Labute approximate surface area is 78.9 Å². The number of ether oxygens (including phenoxy) is 2. The molecule has 76 valence electrons. The predicted molar refractivity (Wildman–Crippen MR) is 50.2 cm³/mol. The van der Waals surface area contributed by atoms with Gasteiger partial charge in [0.05, 0.1) is 5.76 Å². The van der Waals surface area contributed by atoms with Gasteiger partial charge in [0.25, 0.3) is 6.47 Å². The molecule has 0 aromatic carbocycles. The fourth-order valence-corrected chi connectivity index (χ4v) is 0.831. The number of nitrogens with one attached hydrogen (secondary N) is 1. The van der Waals surface area contributed by atoms with E-state index in [1.54, 1.807) is 0 Å². The van der Waals surface area contributed by atoms with E-state index in [4.69, 9.17) is 4.74 Å². The highest BCUT2D eigenvalue weighted by Crippen LogP contribution is 2.07. The van der Waals surface area contributed by atoms with Gasteiger partial charge < -0.3 is 14.8 Å². The number of hydrogen-bond donors (Lipinski definition) is 1. The van der Waals surface area contributed by atoms with Crippen molar-refractivity contribution in [3.8, 4) is 0 Å². The van der Waals surface area contributed by atoms with Crippen LogP contribution in [0.5, 0.6) is 0 Å². The topological polar surface area (TPSA) is 47.6 Å². The molecule has 0 aromatic heterocycles. The van der Waals surface area contributed by atoms with E-state index < -0.39 is 0 Å². The zero-order valence-electron chi connectivity index (χ0n) is 8.21. The number of rotatable bonds is 8. The molecule has 0 spiro atoms. The van der Waals surface area contributed by atoms with Crippen molar-refractivity contribution in [1.82, 2.24) is 5.32 Å². The quantitative estimate of drug-likeness (QED) is 0.342. The second-order valence-corrected chi connectivity index (χ2v) is 2.74. The number of carbonyl (C=O) groups is 1. The minimum absolute atomic E-state index is 0.265. The Balaban J connectivity index is 3.43. The van der Waals surface area contributed by atoms with Crippen LogP contribution in [0.3, 0.4) is 0 Å². The second-order valence-electron chi connectivity index (χ2n) is 2.74. The van der Waals surface area contributed by atoms with Gasteiger partial charge in [0.15, 0.2) is 0 Å². The van der Waals surface area contributed by atoms with Crippen LogP contribution in [0.15, 0.2) is 12.3 Å². The highest BCUT2D eigenvalue weighted by atomic mass is 16.5. The van der Waals surface area contributed by atoms with Gasteiger partial charge in [-0.15, -0.1) is 0 Å². The molecule has 0 aliphatic heterocycles. The molecular formula is C9H17NO3. The van der Waals surface area contributed by atoms with Gasteiger partial charge in [-0.1, -0.05) is 13.5 Å². The van der Waals surface area contributed by atoms with Crippen LogP contribution in [0.4, 0.5) is 0 Å². The van der Waals surface area contributed by atoms with E-state index in [1.807, 2.05) is 14.0 Å². The number of hydrogen-bond acceptors (Lipinski definition) is 4. The Morgan fingerprint density at radius 1 is 1.62 bits per heavy atom. The van der Waals surface area contributed by atoms with E-state index in [-0.39, 0.29) is 12.5 Å². The first-order valence-electron chi connectivity index (χ1n) is 4.23. The molecule has 0 heterocycles. The summed E-state index contributed by atoms with van der Waals surface area (Å²) in [6, 6.07) is 0. The SMILES string of the molecule is C=C(OCCOC=O)C(C)CNC. The van der Waals surface area contributed by atoms with Crippen molar-refractivity contribution in [2.75, 3.05) is 26.8 Å². The largest absolute Gasteiger partial charge is 0.495 e. The molecule has 0 fully saturated rings. The van der Waals surface area contributed by atoms with Gasteiger partial charge >= 0.3 is 0 Å². The third kappa shape index (κ3) is 6.16. The molecule has 0 bridgehead atoms. The molecule has 4 heteroatoms. The standard InChI is InChI=1S/C9H17NO3/c1-8(6-10-3)9(2)13-5-4-12-7-11/h7-8,10H,2,4-6H2,1,3H3. The van der Waals surface area contributed by atoms with E-state index in [2.05, 4.69) is 16.6 Å². The van der Waals surface area contributed by atoms with Crippen LogP contribution in [-0.4, -0.2) is 33.3 Å². The van der Waals surface area contributed by atoms with Crippen molar-refractivity contribution >= 4 is 6.47 Å². The maximum atomic E-state index is 9.78. The molecule has 13 heavy (non-hydrogen) atoms. The van der Waals surface area contributed by atoms with Gasteiger partial charge in [-0.2, -0.15) is 0 Å². The summed E-state index contributed by atoms with van der Waals surface area (Å²) in [5.74, 6) is 0.977. The zero-order valence-corrected chi connectivity index (χ0v) is 8.21. The molecule has 0 aromatic rings. The predicted octanol–water partition coefficient (Wildman–Crippen LogP) is 0.545. The zero-order chi connectivity index (χ0) is 10.1. The van der Waals surface area contributed by atoms with E-state index in [1.165, 1.54) is 0 Å². The molecular weight excluding hydrogens is 170 g/mol. The van der Waals surface area contributed by atoms with Crippen LogP contribution in [0, 0.1) is 5.92 Å². The van der Waals surface area contributed by atoms with E-state index in [0.29, 0.717) is 18.8 Å². The van der Waals surface area contributed by atoms with E-state index >= 15 is 0 Å². The summed E-state index contributed by atoms with van der Waals surface area (Å²) in [5.41, 5.74) is 0. The molecule has 1 atom stereocenters. The highest BCUT2D eigenvalue weighted by molar-refractivity contribution is 5.36. The van der Waals surface area contributed by atoms with Crippen LogP contribution < -0.4 is 5.32 Å². The third-order valence-electron chi connectivity index (χ3n) is 1.62. The van der Waals surface area contributed by atoms with Crippen LogP contribution in [-0.2, 0) is 14.3 Å². The summed E-state index contributed by atoms with van der Waals surface area (Å²) in [4.78, 5) is 9.78. The Kier molecular flexibility index (Phi) is 7.01. The lowest BCUT2D eigenvalue weighted by atomic mass is 10.1. The summed E-state index contributed by atoms with van der Waals surface area (Å²) < 4.78 is 9.70. The molecule has 0 saturated carbocycles. The summed E-state index contributed by atoms with van der Waals surface area (Å²) in [6.45, 7) is 7.65. The summed E-state index contributed by atoms with van der Waals surface area (Å²) in [7, 11) is 1.87. The molecule has 0 aliphatic carbocycles. The monoisotopic (exact) mass is 187 g/mol. The van der Waals surface area contributed by atoms with Gasteiger partial charge in [-0.3, -0.25) is 4.79 Å². The first-order chi connectivity index (χ1) is 6.22. The van der Waals surface area contributed by atoms with Gasteiger partial charge in [0.2, 0.25) is 0 Å².